The minimum Gasteiger partial charge on any atom is -0.346 e. The van der Waals surface area contributed by atoms with Gasteiger partial charge < -0.3 is 14.8 Å². The Kier molecular flexibility index (Phi) is 6.60. The van der Waals surface area contributed by atoms with Crippen LogP contribution >= 0.6 is 11.8 Å². The van der Waals surface area contributed by atoms with Crippen molar-refractivity contribution in [3.63, 3.8) is 0 Å². The molecule has 1 aliphatic rings. The quantitative estimate of drug-likeness (QED) is 0.585. The number of hydrogen-bond donors (Lipinski definition) is 1. The predicted molar refractivity (Wildman–Crippen MR) is 113 cm³/mol. The number of nitrogens with one attached hydrogen (secondary N) is 1. The van der Waals surface area contributed by atoms with E-state index in [0.29, 0.717) is 5.56 Å². The van der Waals surface area contributed by atoms with Gasteiger partial charge in [-0.05, 0) is 39.0 Å². The number of carbonyl (C=O) groups excluding carboxylic acids is 2. The van der Waals surface area contributed by atoms with Crippen LogP contribution in [0.25, 0.3) is 10.9 Å². The Balaban J connectivity index is 1.67. The van der Waals surface area contributed by atoms with Gasteiger partial charge in [0.2, 0.25) is 0 Å². The van der Waals surface area contributed by atoms with Crippen LogP contribution in [0.4, 0.5) is 0 Å². The van der Waals surface area contributed by atoms with E-state index in [1.807, 2.05) is 42.2 Å². The van der Waals surface area contributed by atoms with E-state index in [4.69, 9.17) is 0 Å². The molecule has 0 atom stereocenters. The Morgan fingerprint density at radius 1 is 1.22 bits per heavy atom. The summed E-state index contributed by atoms with van der Waals surface area (Å²) in [7, 11) is 0. The summed E-state index contributed by atoms with van der Waals surface area (Å²) in [6.07, 6.45) is 5.75. The molecule has 27 heavy (non-hydrogen) atoms. The zero-order chi connectivity index (χ0) is 19.4. The number of para-hydroxylation sites is 1. The van der Waals surface area contributed by atoms with E-state index in [9.17, 15) is 9.59 Å². The van der Waals surface area contributed by atoms with Crippen molar-refractivity contribution >= 4 is 34.4 Å². The van der Waals surface area contributed by atoms with Crippen molar-refractivity contribution in [2.24, 2.45) is 0 Å². The SMILES string of the molecule is CSCCN1CCC(NC(=O)C(=O)c2cn(C(C)C)c3ccccc23)CC1. The molecule has 3 rings (SSSR count). The summed E-state index contributed by atoms with van der Waals surface area (Å²) in [5.74, 6) is 0.217. The molecule has 1 aromatic heterocycles. The molecular formula is C21H29N3O2S. The number of benzene rings is 1. The molecule has 146 valence electrons. The molecule has 0 saturated carbocycles. The number of amides is 1. The first-order chi connectivity index (χ1) is 13.0. The summed E-state index contributed by atoms with van der Waals surface area (Å²) in [4.78, 5) is 27.9. The summed E-state index contributed by atoms with van der Waals surface area (Å²) in [6.45, 7) is 7.20. The van der Waals surface area contributed by atoms with E-state index in [1.54, 1.807) is 0 Å². The summed E-state index contributed by atoms with van der Waals surface area (Å²) in [5, 5.41) is 3.81. The highest BCUT2D eigenvalue weighted by molar-refractivity contribution is 7.98. The number of nitrogens with zero attached hydrogens (tertiary/aromatic N) is 2. The summed E-state index contributed by atoms with van der Waals surface area (Å²) in [6, 6.07) is 8.09. The highest BCUT2D eigenvalue weighted by Gasteiger charge is 2.26. The Morgan fingerprint density at radius 2 is 1.93 bits per heavy atom. The molecule has 2 aromatic rings. The lowest BCUT2D eigenvalue weighted by atomic mass is 10.0. The van der Waals surface area contributed by atoms with Crippen molar-refractivity contribution in [3.8, 4) is 0 Å². The first kappa shape index (κ1) is 20.0. The second kappa shape index (κ2) is 8.93. The zero-order valence-corrected chi connectivity index (χ0v) is 17.2. The lowest BCUT2D eigenvalue weighted by Gasteiger charge is -2.32. The number of hydrogen-bond acceptors (Lipinski definition) is 4. The number of Topliss-reactive ketones (excluding diaryl/α,β-unsaturated/α-hetero) is 1. The molecule has 1 saturated heterocycles. The number of thioether (sulfide) groups is 1. The van der Waals surface area contributed by atoms with Crippen molar-refractivity contribution in [1.82, 2.24) is 14.8 Å². The molecule has 0 aliphatic carbocycles. The second-order valence-corrected chi connectivity index (χ2v) is 8.46. The molecule has 0 bridgehead atoms. The van der Waals surface area contributed by atoms with Crippen LogP contribution < -0.4 is 5.32 Å². The number of ketones is 1. The smallest absolute Gasteiger partial charge is 0.292 e. The molecule has 2 heterocycles. The number of carbonyl (C=O) groups is 2. The maximum atomic E-state index is 12.8. The standard InChI is InChI=1S/C21H29N3O2S/c1-15(2)24-14-18(17-6-4-5-7-19(17)24)20(25)21(26)22-16-8-10-23(11-9-16)12-13-27-3/h4-7,14-16H,8-13H2,1-3H3,(H,22,26). The molecule has 0 radical (unpaired) electrons. The van der Waals surface area contributed by atoms with Gasteiger partial charge in [-0.15, -0.1) is 0 Å². The van der Waals surface area contributed by atoms with Gasteiger partial charge in [-0.1, -0.05) is 18.2 Å². The third-order valence-corrected chi connectivity index (χ3v) is 5.87. The fraction of sp³-hybridized carbons (Fsp3) is 0.524. The van der Waals surface area contributed by atoms with Gasteiger partial charge in [0.25, 0.3) is 11.7 Å². The van der Waals surface area contributed by atoms with Gasteiger partial charge in [-0.2, -0.15) is 11.8 Å². The van der Waals surface area contributed by atoms with Crippen LogP contribution in [0.1, 0.15) is 43.1 Å². The van der Waals surface area contributed by atoms with E-state index in [0.717, 1.165) is 49.1 Å². The molecule has 1 fully saturated rings. The summed E-state index contributed by atoms with van der Waals surface area (Å²) >= 11 is 1.85. The van der Waals surface area contributed by atoms with E-state index in [2.05, 4.69) is 34.9 Å². The van der Waals surface area contributed by atoms with Gasteiger partial charge in [-0.3, -0.25) is 9.59 Å². The van der Waals surface area contributed by atoms with Crippen LogP contribution in [0.3, 0.4) is 0 Å². The highest BCUT2D eigenvalue weighted by Crippen LogP contribution is 2.25. The Bertz CT molecular complexity index is 807. The fourth-order valence-corrected chi connectivity index (χ4v) is 4.15. The van der Waals surface area contributed by atoms with Crippen LogP contribution in [0.15, 0.2) is 30.5 Å². The molecule has 0 spiro atoms. The highest BCUT2D eigenvalue weighted by atomic mass is 32.2. The average Bonchev–Trinajstić information content (AvgIpc) is 3.07. The van der Waals surface area contributed by atoms with Crippen LogP contribution in [0.2, 0.25) is 0 Å². The number of rotatable bonds is 7. The number of fused-ring (bicyclic) bond motifs is 1. The third kappa shape index (κ3) is 4.55. The van der Waals surface area contributed by atoms with Crippen LogP contribution in [-0.2, 0) is 4.79 Å². The monoisotopic (exact) mass is 387 g/mol. The predicted octanol–water partition coefficient (Wildman–Crippen LogP) is 3.35. The summed E-state index contributed by atoms with van der Waals surface area (Å²) < 4.78 is 2.06. The molecule has 6 heteroatoms. The van der Waals surface area contributed by atoms with Gasteiger partial charge in [0, 0.05) is 54.6 Å². The molecule has 1 amide bonds. The van der Waals surface area contributed by atoms with E-state index >= 15 is 0 Å². The number of aromatic nitrogens is 1. The largest absolute Gasteiger partial charge is 0.346 e. The van der Waals surface area contributed by atoms with Crippen LogP contribution in [0.5, 0.6) is 0 Å². The van der Waals surface area contributed by atoms with Gasteiger partial charge >= 0.3 is 0 Å². The van der Waals surface area contributed by atoms with Gasteiger partial charge in [0.1, 0.15) is 0 Å². The van der Waals surface area contributed by atoms with Crippen LogP contribution in [-0.4, -0.2) is 58.8 Å². The number of likely N-dealkylation sites (tertiary alicyclic amines) is 1. The Morgan fingerprint density at radius 3 is 2.59 bits per heavy atom. The van der Waals surface area contributed by atoms with E-state index < -0.39 is 11.7 Å². The van der Waals surface area contributed by atoms with Gasteiger partial charge in [0.15, 0.2) is 0 Å². The topological polar surface area (TPSA) is 54.3 Å². The fourth-order valence-electron chi connectivity index (χ4n) is 3.71. The average molecular weight is 388 g/mol. The molecule has 1 N–H and O–H groups in total. The molecule has 5 nitrogen and oxygen atoms in total. The Labute approximate surface area is 165 Å². The maximum absolute atomic E-state index is 12.8. The summed E-state index contributed by atoms with van der Waals surface area (Å²) in [5.41, 5.74) is 1.49. The molecular weight excluding hydrogens is 358 g/mol. The van der Waals surface area contributed by atoms with Crippen molar-refractivity contribution in [1.29, 1.82) is 0 Å². The van der Waals surface area contributed by atoms with E-state index in [1.165, 1.54) is 0 Å². The van der Waals surface area contributed by atoms with Crippen molar-refractivity contribution in [2.75, 3.05) is 31.6 Å². The molecule has 1 aromatic carbocycles. The second-order valence-electron chi connectivity index (χ2n) is 7.47. The Hall–Kier alpha value is -1.79. The van der Waals surface area contributed by atoms with Crippen LogP contribution in [0, 0.1) is 0 Å². The first-order valence-corrected chi connectivity index (χ1v) is 11.1. The minimum absolute atomic E-state index is 0.0884. The van der Waals surface area contributed by atoms with Gasteiger partial charge in [-0.25, -0.2) is 0 Å². The minimum atomic E-state index is -0.482. The third-order valence-electron chi connectivity index (χ3n) is 5.28. The van der Waals surface area contributed by atoms with Crippen molar-refractivity contribution < 1.29 is 9.59 Å². The maximum Gasteiger partial charge on any atom is 0.292 e. The first-order valence-electron chi connectivity index (χ1n) is 9.67. The zero-order valence-electron chi connectivity index (χ0n) is 16.4. The number of piperidine rings is 1. The van der Waals surface area contributed by atoms with Gasteiger partial charge in [0.05, 0.1) is 5.56 Å². The molecule has 0 unspecified atom stereocenters. The van der Waals surface area contributed by atoms with Crippen molar-refractivity contribution in [2.45, 2.75) is 38.8 Å². The lowest BCUT2D eigenvalue weighted by molar-refractivity contribution is -0.117. The lowest BCUT2D eigenvalue weighted by Crippen LogP contribution is -2.46. The van der Waals surface area contributed by atoms with Crippen molar-refractivity contribution in [3.05, 3.63) is 36.0 Å². The molecule has 1 aliphatic heterocycles. The normalized spacial score (nSPS) is 16.1. The van der Waals surface area contributed by atoms with E-state index in [-0.39, 0.29) is 12.1 Å².